The van der Waals surface area contributed by atoms with E-state index in [1.165, 1.54) is 12.6 Å². The number of pyridine rings is 2. The molecular formula is C32H43N3O5S. The number of aromatic nitrogens is 2. The van der Waals surface area contributed by atoms with Gasteiger partial charge in [-0.25, -0.2) is 18.1 Å². The van der Waals surface area contributed by atoms with Crippen molar-refractivity contribution < 1.29 is 22.6 Å². The summed E-state index contributed by atoms with van der Waals surface area (Å²) < 4.78 is 38.6. The molecule has 0 bridgehead atoms. The van der Waals surface area contributed by atoms with E-state index in [0.717, 1.165) is 29.6 Å². The molecule has 0 saturated heterocycles. The van der Waals surface area contributed by atoms with Crippen LogP contribution in [-0.4, -0.2) is 45.9 Å². The third-order valence-corrected chi connectivity index (χ3v) is 6.24. The summed E-state index contributed by atoms with van der Waals surface area (Å²) in [6.45, 7) is 8.00. The lowest BCUT2D eigenvalue weighted by atomic mass is 9.87. The molecule has 0 amide bonds. The molecular weight excluding hydrogens is 538 g/mol. The molecule has 1 atom stereocenters. The average molecular weight is 582 g/mol. The third kappa shape index (κ3) is 12.4. The van der Waals surface area contributed by atoms with Gasteiger partial charge < -0.3 is 14.2 Å². The van der Waals surface area contributed by atoms with Crippen LogP contribution in [0.2, 0.25) is 0 Å². The second-order valence-corrected chi connectivity index (χ2v) is 10.0. The monoisotopic (exact) mass is 581 g/mol. The number of methoxy groups -OCH3 is 2. The van der Waals surface area contributed by atoms with Crippen LogP contribution in [0.15, 0.2) is 91.4 Å². The Labute approximate surface area is 245 Å². The minimum Gasteiger partial charge on any atom is -0.493 e. The predicted molar refractivity (Wildman–Crippen MR) is 167 cm³/mol. The highest BCUT2D eigenvalue weighted by atomic mass is 32.2. The molecule has 2 heterocycles. The minimum absolute atomic E-state index is 0.0838. The summed E-state index contributed by atoms with van der Waals surface area (Å²) >= 11 is 0. The van der Waals surface area contributed by atoms with Crippen LogP contribution in [0.4, 0.5) is 0 Å². The summed E-state index contributed by atoms with van der Waals surface area (Å²) in [5.41, 5.74) is 3.40. The third-order valence-electron chi connectivity index (χ3n) is 5.50. The van der Waals surface area contributed by atoms with Crippen molar-refractivity contribution in [3.8, 4) is 23.1 Å². The Kier molecular flexibility index (Phi) is 16.4. The number of sulfonamides is 1. The first kappa shape index (κ1) is 35.1. The number of hydrogen-bond donors (Lipinski definition) is 1. The van der Waals surface area contributed by atoms with Crippen molar-refractivity contribution in [1.29, 1.82) is 0 Å². The molecule has 0 spiro atoms. The fraction of sp³-hybridized carbons (Fsp3) is 0.312. The standard InChI is InChI=1S/C26H24N2O3.C2H7NO2S.2C2H6/c1-29-24-10-8-20(17-25(24)30-2)23(16-19-12-14-27-15-13-19)21-9-11-26(28-18-21)31-22-6-4-3-5-7-22;1-3-6(2,4)5;2*1-2/h3-15,17-18,23H,16H2,1-2H3;3H,1-2H3;2*1-2H3. The van der Waals surface area contributed by atoms with Gasteiger partial charge in [0.05, 0.1) is 20.5 Å². The predicted octanol–water partition coefficient (Wildman–Crippen LogP) is 6.88. The van der Waals surface area contributed by atoms with Crippen LogP contribution in [0, 0.1) is 0 Å². The highest BCUT2D eigenvalue weighted by Gasteiger charge is 2.18. The van der Waals surface area contributed by atoms with E-state index in [2.05, 4.69) is 26.8 Å². The number of hydrogen-bond acceptors (Lipinski definition) is 7. The molecule has 1 N–H and O–H groups in total. The summed E-state index contributed by atoms with van der Waals surface area (Å²) in [6.07, 6.45) is 7.42. The Morgan fingerprint density at radius 2 is 1.39 bits per heavy atom. The second-order valence-electron chi connectivity index (χ2n) is 8.05. The van der Waals surface area contributed by atoms with Crippen LogP contribution in [-0.2, 0) is 16.4 Å². The zero-order valence-corrected chi connectivity index (χ0v) is 26.1. The Balaban J connectivity index is 0.000000737. The zero-order valence-electron chi connectivity index (χ0n) is 25.3. The van der Waals surface area contributed by atoms with E-state index in [1.807, 2.05) is 107 Å². The van der Waals surface area contributed by atoms with Gasteiger partial charge >= 0.3 is 0 Å². The topological polar surface area (TPSA) is 99.6 Å². The zero-order chi connectivity index (χ0) is 30.7. The maximum absolute atomic E-state index is 9.89. The molecule has 0 aliphatic carbocycles. The van der Waals surface area contributed by atoms with Gasteiger partial charge in [-0.1, -0.05) is 58.0 Å². The molecule has 1 unspecified atom stereocenters. The molecule has 2 aromatic heterocycles. The van der Waals surface area contributed by atoms with Crippen molar-refractivity contribution in [3.63, 3.8) is 0 Å². The maximum Gasteiger partial charge on any atom is 0.219 e. The molecule has 4 rings (SSSR count). The van der Waals surface area contributed by atoms with Crippen LogP contribution in [0.25, 0.3) is 0 Å². The molecule has 0 radical (unpaired) electrons. The summed E-state index contributed by atoms with van der Waals surface area (Å²) in [6, 6.07) is 23.7. The van der Waals surface area contributed by atoms with Crippen molar-refractivity contribution in [1.82, 2.24) is 14.7 Å². The van der Waals surface area contributed by atoms with Crippen LogP contribution in [0.3, 0.4) is 0 Å². The lowest BCUT2D eigenvalue weighted by Crippen LogP contribution is -2.15. The number of ether oxygens (including phenoxy) is 3. The Hall–Kier alpha value is -3.95. The lowest BCUT2D eigenvalue weighted by molar-refractivity contribution is 0.354. The number of benzene rings is 2. The van der Waals surface area contributed by atoms with Crippen LogP contribution in [0.5, 0.6) is 23.1 Å². The van der Waals surface area contributed by atoms with E-state index < -0.39 is 10.0 Å². The van der Waals surface area contributed by atoms with Crippen molar-refractivity contribution >= 4 is 10.0 Å². The summed E-state index contributed by atoms with van der Waals surface area (Å²) in [5, 5.41) is 0. The number of nitrogens with one attached hydrogen (secondary N) is 1. The van der Waals surface area contributed by atoms with Crippen LogP contribution < -0.4 is 18.9 Å². The average Bonchev–Trinajstić information content (AvgIpc) is 3.03. The van der Waals surface area contributed by atoms with Crippen LogP contribution in [0.1, 0.15) is 50.3 Å². The molecule has 2 aromatic carbocycles. The Morgan fingerprint density at radius 1 is 0.805 bits per heavy atom. The molecule has 0 aliphatic rings. The molecule has 4 aromatic rings. The second kappa shape index (κ2) is 19.2. The van der Waals surface area contributed by atoms with Gasteiger partial charge in [-0.05, 0) is 66.6 Å². The summed E-state index contributed by atoms with van der Waals surface area (Å²) in [5.74, 6) is 2.82. The van der Waals surface area contributed by atoms with Gasteiger partial charge in [0, 0.05) is 30.6 Å². The molecule has 222 valence electrons. The van der Waals surface area contributed by atoms with Crippen molar-refractivity contribution in [2.45, 2.75) is 40.0 Å². The van der Waals surface area contributed by atoms with E-state index >= 15 is 0 Å². The van der Waals surface area contributed by atoms with Crippen molar-refractivity contribution in [3.05, 3.63) is 108 Å². The largest absolute Gasteiger partial charge is 0.493 e. The molecule has 8 nitrogen and oxygen atoms in total. The van der Waals surface area contributed by atoms with Crippen molar-refractivity contribution in [2.24, 2.45) is 0 Å². The maximum atomic E-state index is 9.89. The fourth-order valence-corrected chi connectivity index (χ4v) is 3.52. The van der Waals surface area contributed by atoms with Gasteiger partial charge in [0.1, 0.15) is 5.75 Å². The summed E-state index contributed by atoms with van der Waals surface area (Å²) in [4.78, 5) is 8.68. The normalized spacial score (nSPS) is 10.7. The van der Waals surface area contributed by atoms with Gasteiger partial charge in [-0.15, -0.1) is 0 Å². The van der Waals surface area contributed by atoms with E-state index in [4.69, 9.17) is 14.2 Å². The van der Waals surface area contributed by atoms with E-state index in [-0.39, 0.29) is 5.92 Å². The van der Waals surface area contributed by atoms with Gasteiger partial charge in [0.15, 0.2) is 11.5 Å². The Morgan fingerprint density at radius 3 is 1.90 bits per heavy atom. The first-order valence-corrected chi connectivity index (χ1v) is 15.4. The SMILES string of the molecule is CC.CC.CNS(C)(=O)=O.COc1ccc(C(Cc2ccncc2)c2ccc(Oc3ccccc3)nc2)cc1OC. The van der Waals surface area contributed by atoms with Crippen LogP contribution >= 0.6 is 0 Å². The van der Waals surface area contributed by atoms with Gasteiger partial charge in [-0.3, -0.25) is 4.98 Å². The molecule has 9 heteroatoms. The quantitative estimate of drug-likeness (QED) is 0.230. The molecule has 0 aliphatic heterocycles. The highest BCUT2D eigenvalue weighted by molar-refractivity contribution is 7.88. The number of nitrogens with zero attached hydrogens (tertiary/aromatic N) is 2. The highest BCUT2D eigenvalue weighted by Crippen LogP contribution is 2.35. The van der Waals surface area contributed by atoms with E-state index in [1.54, 1.807) is 14.2 Å². The van der Waals surface area contributed by atoms with Gasteiger partial charge in [0.2, 0.25) is 15.9 Å². The number of para-hydroxylation sites is 1. The lowest BCUT2D eigenvalue weighted by Gasteiger charge is -2.20. The first-order valence-electron chi connectivity index (χ1n) is 13.5. The first-order chi connectivity index (χ1) is 19.8. The van der Waals surface area contributed by atoms with Gasteiger partial charge in [0.25, 0.3) is 0 Å². The van der Waals surface area contributed by atoms with Crippen molar-refractivity contribution in [2.75, 3.05) is 27.5 Å². The molecule has 41 heavy (non-hydrogen) atoms. The molecule has 0 fully saturated rings. The molecule has 0 saturated carbocycles. The van der Waals surface area contributed by atoms with E-state index in [9.17, 15) is 8.42 Å². The van der Waals surface area contributed by atoms with E-state index in [0.29, 0.717) is 17.4 Å². The minimum atomic E-state index is -2.91. The number of rotatable bonds is 9. The fourth-order valence-electron chi connectivity index (χ4n) is 3.52. The Bertz CT molecular complexity index is 1350. The van der Waals surface area contributed by atoms with Gasteiger partial charge in [-0.2, -0.15) is 0 Å². The summed E-state index contributed by atoms with van der Waals surface area (Å²) in [7, 11) is 1.75. The smallest absolute Gasteiger partial charge is 0.219 e.